The van der Waals surface area contributed by atoms with E-state index in [2.05, 4.69) is 20.9 Å². The van der Waals surface area contributed by atoms with Crippen LogP contribution >= 0.6 is 0 Å². The van der Waals surface area contributed by atoms with Gasteiger partial charge < -0.3 is 25.2 Å². The lowest BCUT2D eigenvalue weighted by Crippen LogP contribution is -2.62. The number of aliphatic hydroxyl groups is 1. The summed E-state index contributed by atoms with van der Waals surface area (Å²) in [6, 6.07) is 11.2. The Hall–Kier alpha value is -1.96. The van der Waals surface area contributed by atoms with Gasteiger partial charge in [0.15, 0.2) is 0 Å². The van der Waals surface area contributed by atoms with Gasteiger partial charge in [-0.25, -0.2) is 0 Å². The highest BCUT2D eigenvalue weighted by Gasteiger charge is 2.53. The Morgan fingerprint density at radius 2 is 1.73 bits per heavy atom. The Morgan fingerprint density at radius 3 is 2.13 bits per heavy atom. The number of nitrogens with two attached hydrogens (primary N) is 1. The van der Waals surface area contributed by atoms with E-state index in [4.69, 9.17) is 15.6 Å². The number of carbonyl (C=O) groups excluding carboxylic acids is 1. The zero-order valence-corrected chi connectivity index (χ0v) is 18.4. The molecule has 3 atom stereocenters. The highest BCUT2D eigenvalue weighted by atomic mass is 16.5. The van der Waals surface area contributed by atoms with Gasteiger partial charge in [-0.05, 0) is 19.4 Å². The van der Waals surface area contributed by atoms with Gasteiger partial charge in [0.2, 0.25) is 0 Å². The van der Waals surface area contributed by atoms with Crippen molar-refractivity contribution in [3.63, 3.8) is 0 Å². The van der Waals surface area contributed by atoms with Crippen molar-refractivity contribution in [2.45, 2.75) is 76.1 Å². The lowest BCUT2D eigenvalue weighted by Gasteiger charge is -2.49. The summed E-state index contributed by atoms with van der Waals surface area (Å²) in [5.74, 6) is -1.69. The summed E-state index contributed by atoms with van der Waals surface area (Å²) in [7, 11) is 2.37. The molecule has 2 bridgehead atoms. The second-order valence-corrected chi connectivity index (χ2v) is 8.81. The maximum absolute atomic E-state index is 12.6. The van der Waals surface area contributed by atoms with Gasteiger partial charge in [0, 0.05) is 32.2 Å². The van der Waals surface area contributed by atoms with Gasteiger partial charge in [0.25, 0.3) is 0 Å². The lowest BCUT2D eigenvalue weighted by atomic mass is 9.94. The Kier molecular flexibility index (Phi) is 8.82. The van der Waals surface area contributed by atoms with Crippen LogP contribution in [0.25, 0.3) is 0 Å². The second-order valence-electron chi connectivity index (χ2n) is 8.81. The van der Waals surface area contributed by atoms with Crippen LogP contribution in [0.2, 0.25) is 0 Å². The molecule has 0 amide bonds. The third-order valence-electron chi connectivity index (χ3n) is 6.90. The molecule has 2 heterocycles. The molecule has 0 aromatic heterocycles. The van der Waals surface area contributed by atoms with Crippen molar-refractivity contribution in [2.24, 2.45) is 5.73 Å². The molecule has 7 nitrogen and oxygen atoms in total. The molecule has 2 fully saturated rings. The molecule has 0 aliphatic carbocycles. The number of quaternary nitrogens is 1. The number of carboxylic acids is 1. The molecule has 2 aliphatic rings. The van der Waals surface area contributed by atoms with Crippen molar-refractivity contribution in [2.75, 3.05) is 20.2 Å². The predicted molar refractivity (Wildman–Crippen MR) is 115 cm³/mol. The predicted octanol–water partition coefficient (Wildman–Crippen LogP) is 2.27. The number of esters is 1. The van der Waals surface area contributed by atoms with E-state index < -0.39 is 11.9 Å². The fraction of sp³-hybridized carbons (Fsp3) is 0.652. The highest BCUT2D eigenvalue weighted by molar-refractivity contribution is 5.78. The fourth-order valence-corrected chi connectivity index (χ4v) is 4.94. The second kappa shape index (κ2) is 10.9. The number of hydrogen-bond donors (Lipinski definition) is 3. The first-order valence-electron chi connectivity index (χ1n) is 10.9. The maximum atomic E-state index is 12.6. The van der Waals surface area contributed by atoms with E-state index in [1.807, 2.05) is 30.3 Å². The van der Waals surface area contributed by atoms with Gasteiger partial charge in [-0.3, -0.25) is 9.59 Å². The summed E-state index contributed by atoms with van der Waals surface area (Å²) in [5.41, 5.74) is 5.67. The number of benzene rings is 1. The quantitative estimate of drug-likeness (QED) is 0.460. The zero-order valence-electron chi connectivity index (χ0n) is 18.4. The van der Waals surface area contributed by atoms with Crippen LogP contribution in [0.1, 0.15) is 57.4 Å². The van der Waals surface area contributed by atoms with Gasteiger partial charge in [0.1, 0.15) is 12.0 Å². The van der Waals surface area contributed by atoms with E-state index in [0.29, 0.717) is 18.1 Å². The summed E-state index contributed by atoms with van der Waals surface area (Å²) in [4.78, 5) is 22.1. The number of aliphatic hydroxyl groups excluding tert-OH is 1. The number of rotatable bonds is 7. The van der Waals surface area contributed by atoms with Crippen molar-refractivity contribution in [3.8, 4) is 0 Å². The fourth-order valence-electron chi connectivity index (χ4n) is 4.94. The van der Waals surface area contributed by atoms with Gasteiger partial charge in [-0.15, -0.1) is 0 Å². The summed E-state index contributed by atoms with van der Waals surface area (Å²) in [5, 5.41) is 17.5. The number of ether oxygens (including phenoxy) is 1. The number of fused-ring (bicyclic) bond motifs is 2. The topological polar surface area (TPSA) is 110 Å². The molecule has 0 spiro atoms. The van der Waals surface area contributed by atoms with Crippen LogP contribution in [0.4, 0.5) is 0 Å². The number of aliphatic carboxylic acids is 1. The molecule has 0 radical (unpaired) electrons. The average molecular weight is 422 g/mol. The molecule has 2 saturated heterocycles. The van der Waals surface area contributed by atoms with E-state index >= 15 is 0 Å². The van der Waals surface area contributed by atoms with Crippen molar-refractivity contribution in [3.05, 3.63) is 35.9 Å². The normalized spacial score (nSPS) is 28.4. The number of carbonyl (C=O) groups is 2. The van der Waals surface area contributed by atoms with Gasteiger partial charge in [-0.1, -0.05) is 30.3 Å². The number of carboxylic acid groups (broad SMARTS) is 1. The van der Waals surface area contributed by atoms with E-state index in [-0.39, 0.29) is 31.6 Å². The molecule has 1 aromatic rings. The first-order valence-corrected chi connectivity index (χ1v) is 10.9. The SMILES string of the molecule is CC(C)[N+]1(C)C2CCC1CC(OC(=O)C(CO)c1ccccc1)C2.NCCC(=O)O. The van der Waals surface area contributed by atoms with Crippen LogP contribution in [0, 0.1) is 0 Å². The molecular weight excluding hydrogens is 384 g/mol. The monoisotopic (exact) mass is 421 g/mol. The molecule has 7 heteroatoms. The summed E-state index contributed by atoms with van der Waals surface area (Å²) in [6.07, 6.45) is 4.43. The van der Waals surface area contributed by atoms with Crippen LogP contribution < -0.4 is 5.73 Å². The van der Waals surface area contributed by atoms with E-state index in [1.54, 1.807) is 0 Å². The van der Waals surface area contributed by atoms with Crippen LogP contribution in [0.15, 0.2) is 30.3 Å². The molecule has 0 saturated carbocycles. The number of piperidine rings is 1. The number of nitrogens with zero attached hydrogens (tertiary/aromatic N) is 1. The molecule has 4 N–H and O–H groups in total. The Morgan fingerprint density at radius 1 is 1.17 bits per heavy atom. The van der Waals surface area contributed by atoms with E-state index in [9.17, 15) is 14.7 Å². The van der Waals surface area contributed by atoms with Crippen molar-refractivity contribution >= 4 is 11.9 Å². The molecule has 2 aliphatic heterocycles. The van der Waals surface area contributed by atoms with Crippen LogP contribution in [-0.2, 0) is 14.3 Å². The Bertz CT molecular complexity index is 680. The van der Waals surface area contributed by atoms with E-state index in [1.165, 1.54) is 12.8 Å². The van der Waals surface area contributed by atoms with Gasteiger partial charge in [0.05, 0.1) is 38.2 Å². The third kappa shape index (κ3) is 5.59. The van der Waals surface area contributed by atoms with Crippen molar-refractivity contribution < 1.29 is 29.0 Å². The molecule has 3 unspecified atom stereocenters. The molecule has 30 heavy (non-hydrogen) atoms. The van der Waals surface area contributed by atoms with E-state index in [0.717, 1.165) is 22.9 Å². The first-order chi connectivity index (χ1) is 14.2. The zero-order chi connectivity index (χ0) is 22.3. The third-order valence-corrected chi connectivity index (χ3v) is 6.90. The Balaban J connectivity index is 0.000000469. The minimum absolute atomic E-state index is 0.00212. The highest BCUT2D eigenvalue weighted by Crippen LogP contribution is 2.44. The van der Waals surface area contributed by atoms with Crippen LogP contribution in [0.5, 0.6) is 0 Å². The summed E-state index contributed by atoms with van der Waals surface area (Å²) >= 11 is 0. The van der Waals surface area contributed by atoms with Gasteiger partial charge >= 0.3 is 11.9 Å². The summed E-state index contributed by atoms with van der Waals surface area (Å²) in [6.45, 7) is 4.63. The minimum Gasteiger partial charge on any atom is -0.481 e. The Labute approximate surface area is 179 Å². The first kappa shape index (κ1) is 24.3. The molecular formula is C23H37N2O5+. The summed E-state index contributed by atoms with van der Waals surface area (Å²) < 4.78 is 6.96. The largest absolute Gasteiger partial charge is 0.481 e. The smallest absolute Gasteiger partial charge is 0.316 e. The van der Waals surface area contributed by atoms with Crippen molar-refractivity contribution in [1.82, 2.24) is 0 Å². The number of hydrogen-bond acceptors (Lipinski definition) is 5. The molecule has 1 aromatic carbocycles. The average Bonchev–Trinajstić information content (AvgIpc) is 2.87. The lowest BCUT2D eigenvalue weighted by molar-refractivity contribution is -0.968. The molecule has 168 valence electrons. The standard InChI is InChI=1S/C20H30NO3.C3H7NO2/c1-14(2)21(3)16-9-10-17(21)12-18(11-16)24-20(23)19(13-22)15-7-5-4-6-8-15;4-2-1-3(5)6/h4-8,14,16-19,22H,9-13H2,1-3H3;1-2,4H2,(H,5,6)/q+1;. The van der Waals surface area contributed by atoms with Crippen LogP contribution in [-0.4, -0.2) is 71.1 Å². The van der Waals surface area contributed by atoms with Crippen molar-refractivity contribution in [1.29, 1.82) is 0 Å². The maximum Gasteiger partial charge on any atom is 0.316 e. The minimum atomic E-state index is -0.836. The van der Waals surface area contributed by atoms with Gasteiger partial charge in [-0.2, -0.15) is 0 Å². The molecule has 3 rings (SSSR count). The van der Waals surface area contributed by atoms with Crippen LogP contribution in [0.3, 0.4) is 0 Å².